The van der Waals surface area contributed by atoms with Crippen LogP contribution >= 0.6 is 11.8 Å². The average Bonchev–Trinajstić information content (AvgIpc) is 2.45. The Kier molecular flexibility index (Phi) is 5.57. The number of urea groups is 1. The zero-order chi connectivity index (χ0) is 14.5. The van der Waals surface area contributed by atoms with E-state index in [2.05, 4.69) is 6.92 Å². The molecule has 20 heavy (non-hydrogen) atoms. The first kappa shape index (κ1) is 15.5. The minimum Gasteiger partial charge on any atom is -0.481 e. The van der Waals surface area contributed by atoms with Crippen molar-refractivity contribution in [3.63, 3.8) is 0 Å². The summed E-state index contributed by atoms with van der Waals surface area (Å²) in [5.74, 6) is 1.23. The molecule has 2 atom stereocenters. The first-order chi connectivity index (χ1) is 9.59. The van der Waals surface area contributed by atoms with Crippen LogP contribution in [0, 0.1) is 0 Å². The molecule has 0 aromatic rings. The quantitative estimate of drug-likeness (QED) is 0.868. The van der Waals surface area contributed by atoms with Gasteiger partial charge < -0.3 is 14.9 Å². The molecule has 0 radical (unpaired) electrons. The average molecular weight is 300 g/mol. The van der Waals surface area contributed by atoms with Crippen LogP contribution in [0.15, 0.2) is 0 Å². The maximum Gasteiger partial charge on any atom is 0.320 e. The van der Waals surface area contributed by atoms with Crippen LogP contribution in [0.1, 0.15) is 39.0 Å². The van der Waals surface area contributed by atoms with Gasteiger partial charge in [0.25, 0.3) is 0 Å². The lowest BCUT2D eigenvalue weighted by Crippen LogP contribution is -2.55. The molecular formula is C14H24N2O3S. The molecule has 2 heterocycles. The van der Waals surface area contributed by atoms with Crippen molar-refractivity contribution in [3.8, 4) is 0 Å². The van der Waals surface area contributed by atoms with E-state index >= 15 is 0 Å². The third kappa shape index (κ3) is 3.81. The van der Waals surface area contributed by atoms with E-state index in [0.717, 1.165) is 43.9 Å². The highest BCUT2D eigenvalue weighted by Gasteiger charge is 2.33. The maximum absolute atomic E-state index is 12.7. The molecule has 0 saturated carbocycles. The molecule has 0 aromatic carbocycles. The first-order valence-electron chi connectivity index (χ1n) is 7.46. The van der Waals surface area contributed by atoms with Gasteiger partial charge in [-0.1, -0.05) is 0 Å². The number of carboxylic acids is 1. The van der Waals surface area contributed by atoms with Crippen molar-refractivity contribution in [2.45, 2.75) is 51.1 Å². The summed E-state index contributed by atoms with van der Waals surface area (Å²) < 4.78 is 0. The molecule has 2 rings (SSSR count). The SMILES string of the molecule is CC1CSCCN1C(=O)N1CCCCC1CCC(=O)O. The summed E-state index contributed by atoms with van der Waals surface area (Å²) in [5, 5.41) is 8.84. The van der Waals surface area contributed by atoms with Crippen LogP contribution in [0.3, 0.4) is 0 Å². The number of likely N-dealkylation sites (tertiary alicyclic amines) is 1. The number of piperidine rings is 1. The number of nitrogens with zero attached hydrogens (tertiary/aromatic N) is 2. The van der Waals surface area contributed by atoms with E-state index in [1.165, 1.54) is 0 Å². The van der Waals surface area contributed by atoms with Crippen LogP contribution in [0.4, 0.5) is 4.79 Å². The lowest BCUT2D eigenvalue weighted by Gasteiger charge is -2.42. The van der Waals surface area contributed by atoms with Crippen molar-refractivity contribution in [1.29, 1.82) is 0 Å². The Hall–Kier alpha value is -0.910. The van der Waals surface area contributed by atoms with Gasteiger partial charge in [0.15, 0.2) is 0 Å². The predicted octanol–water partition coefficient (Wildman–Crippen LogP) is 2.26. The first-order valence-corrected chi connectivity index (χ1v) is 8.62. The monoisotopic (exact) mass is 300 g/mol. The second-order valence-corrected chi connectivity index (χ2v) is 6.83. The fourth-order valence-electron chi connectivity index (χ4n) is 3.02. The zero-order valence-corrected chi connectivity index (χ0v) is 12.9. The van der Waals surface area contributed by atoms with E-state index in [4.69, 9.17) is 5.11 Å². The number of amides is 2. The molecule has 2 fully saturated rings. The molecule has 2 aliphatic heterocycles. The lowest BCUT2D eigenvalue weighted by molar-refractivity contribution is -0.137. The van der Waals surface area contributed by atoms with Crippen molar-refractivity contribution in [3.05, 3.63) is 0 Å². The molecule has 0 aromatic heterocycles. The van der Waals surface area contributed by atoms with Crippen molar-refractivity contribution >= 4 is 23.8 Å². The Morgan fingerprint density at radius 2 is 2.05 bits per heavy atom. The summed E-state index contributed by atoms with van der Waals surface area (Å²) in [6, 6.07) is 0.505. The molecule has 2 unspecified atom stereocenters. The highest BCUT2D eigenvalue weighted by molar-refractivity contribution is 7.99. The van der Waals surface area contributed by atoms with Gasteiger partial charge in [0.05, 0.1) is 0 Å². The highest BCUT2D eigenvalue weighted by atomic mass is 32.2. The number of hydrogen-bond donors (Lipinski definition) is 1. The van der Waals surface area contributed by atoms with Crippen molar-refractivity contribution in [2.75, 3.05) is 24.6 Å². The Morgan fingerprint density at radius 3 is 2.75 bits per heavy atom. The van der Waals surface area contributed by atoms with E-state index < -0.39 is 5.97 Å². The molecule has 2 amide bonds. The molecule has 1 N–H and O–H groups in total. The van der Waals surface area contributed by atoms with Gasteiger partial charge in [-0.25, -0.2) is 4.79 Å². The third-order valence-corrected chi connectivity index (χ3v) is 5.37. The molecule has 0 bridgehead atoms. The minimum atomic E-state index is -0.772. The number of thioether (sulfide) groups is 1. The number of aliphatic carboxylic acids is 1. The number of carbonyl (C=O) groups is 2. The Labute approximate surface area is 124 Å². The molecule has 2 saturated heterocycles. The van der Waals surface area contributed by atoms with Crippen LogP contribution < -0.4 is 0 Å². The topological polar surface area (TPSA) is 60.9 Å². The maximum atomic E-state index is 12.7. The van der Waals surface area contributed by atoms with Crippen molar-refractivity contribution in [2.24, 2.45) is 0 Å². The number of carboxylic acid groups (broad SMARTS) is 1. The van der Waals surface area contributed by atoms with Crippen molar-refractivity contribution < 1.29 is 14.7 Å². The van der Waals surface area contributed by atoms with Gasteiger partial charge in [-0.15, -0.1) is 0 Å². The van der Waals surface area contributed by atoms with Gasteiger partial charge in [0.1, 0.15) is 0 Å². The van der Waals surface area contributed by atoms with Gasteiger partial charge in [-0.05, 0) is 32.6 Å². The number of carbonyl (C=O) groups excluding carboxylic acids is 1. The predicted molar refractivity (Wildman–Crippen MR) is 80.1 cm³/mol. The van der Waals surface area contributed by atoms with E-state index in [0.29, 0.717) is 6.42 Å². The zero-order valence-electron chi connectivity index (χ0n) is 12.1. The summed E-state index contributed by atoms with van der Waals surface area (Å²) in [7, 11) is 0. The van der Waals surface area contributed by atoms with Crippen LogP contribution in [0.25, 0.3) is 0 Å². The fourth-order valence-corrected chi connectivity index (χ4v) is 4.03. The molecule has 114 valence electrons. The molecule has 0 aliphatic carbocycles. The standard InChI is InChI=1S/C14H24N2O3S/c1-11-10-20-9-8-15(11)14(19)16-7-3-2-4-12(16)5-6-13(17)18/h11-12H,2-10H2,1H3,(H,17,18). The highest BCUT2D eigenvalue weighted by Crippen LogP contribution is 2.25. The van der Waals surface area contributed by atoms with Crippen LogP contribution in [-0.4, -0.2) is 63.6 Å². The molecular weight excluding hydrogens is 276 g/mol. The molecule has 2 aliphatic rings. The summed E-state index contributed by atoms with van der Waals surface area (Å²) in [6.45, 7) is 3.69. The molecule has 0 spiro atoms. The van der Waals surface area contributed by atoms with Gasteiger partial charge >= 0.3 is 12.0 Å². The van der Waals surface area contributed by atoms with E-state index in [-0.39, 0.29) is 24.5 Å². The van der Waals surface area contributed by atoms with Crippen molar-refractivity contribution in [1.82, 2.24) is 9.80 Å². The number of rotatable bonds is 3. The van der Waals surface area contributed by atoms with Crippen LogP contribution in [0.2, 0.25) is 0 Å². The second-order valence-electron chi connectivity index (χ2n) is 5.68. The Balaban J connectivity index is 1.98. The number of hydrogen-bond acceptors (Lipinski definition) is 3. The molecule has 6 heteroatoms. The van der Waals surface area contributed by atoms with Gasteiger partial charge in [-0.2, -0.15) is 11.8 Å². The summed E-state index contributed by atoms with van der Waals surface area (Å²) >= 11 is 1.90. The normalized spacial score (nSPS) is 27.4. The van der Waals surface area contributed by atoms with Crippen LogP contribution in [-0.2, 0) is 4.79 Å². The largest absolute Gasteiger partial charge is 0.481 e. The van der Waals surface area contributed by atoms with Gasteiger partial charge in [0, 0.05) is 43.1 Å². The Bertz CT molecular complexity index is 364. The van der Waals surface area contributed by atoms with E-state index in [1.807, 2.05) is 21.6 Å². The summed E-state index contributed by atoms with van der Waals surface area (Å²) in [5.41, 5.74) is 0. The third-order valence-electron chi connectivity index (χ3n) is 4.18. The minimum absolute atomic E-state index is 0.106. The van der Waals surface area contributed by atoms with E-state index in [1.54, 1.807) is 0 Å². The molecule has 5 nitrogen and oxygen atoms in total. The van der Waals surface area contributed by atoms with Crippen LogP contribution in [0.5, 0.6) is 0 Å². The summed E-state index contributed by atoms with van der Waals surface area (Å²) in [4.78, 5) is 27.4. The van der Waals surface area contributed by atoms with E-state index in [9.17, 15) is 9.59 Å². The van der Waals surface area contributed by atoms with Gasteiger partial charge in [0.2, 0.25) is 0 Å². The fraction of sp³-hybridized carbons (Fsp3) is 0.857. The van der Waals surface area contributed by atoms with Gasteiger partial charge in [-0.3, -0.25) is 4.79 Å². The lowest BCUT2D eigenvalue weighted by atomic mass is 9.98. The Morgan fingerprint density at radius 1 is 1.25 bits per heavy atom. The summed E-state index contributed by atoms with van der Waals surface area (Å²) in [6.07, 6.45) is 3.81. The smallest absolute Gasteiger partial charge is 0.320 e. The second kappa shape index (κ2) is 7.20.